The third kappa shape index (κ3) is 2.93. The summed E-state index contributed by atoms with van der Waals surface area (Å²) in [6, 6.07) is 0. The van der Waals surface area contributed by atoms with E-state index in [2.05, 4.69) is 32.9 Å². The average Bonchev–Trinajstić information content (AvgIpc) is 3.36. The highest BCUT2D eigenvalue weighted by atomic mass is 16.7. The summed E-state index contributed by atoms with van der Waals surface area (Å²) >= 11 is 0. The number of carbonyl (C=O) groups excluding carboxylic acids is 2. The van der Waals surface area contributed by atoms with Gasteiger partial charge in [0.25, 0.3) is 0 Å². The maximum Gasteiger partial charge on any atom is 0.341 e. The number of esters is 2. The molecule has 3 rings (SSSR count). The predicted molar refractivity (Wildman–Crippen MR) is 102 cm³/mol. The van der Waals surface area contributed by atoms with Crippen molar-refractivity contribution in [3.8, 4) is 0 Å². The molecule has 1 aliphatic heterocycles. The smallest absolute Gasteiger partial charge is 0.341 e. The molecule has 3 fully saturated rings. The number of epoxide rings is 1. The molecule has 27 heavy (non-hydrogen) atoms. The number of ether oxygens (including phenoxy) is 3. The van der Waals surface area contributed by atoms with Crippen LogP contribution in [0.4, 0.5) is 0 Å². The van der Waals surface area contributed by atoms with Gasteiger partial charge in [0.15, 0.2) is 5.60 Å². The maximum absolute atomic E-state index is 12.7. The van der Waals surface area contributed by atoms with Crippen LogP contribution in [0.1, 0.15) is 59.8 Å². The van der Waals surface area contributed by atoms with Gasteiger partial charge in [0.2, 0.25) is 0 Å². The SMILES string of the molecule is COC(=O)[C@@]12O[C@@H]1C[C@@H]1[C@](C)(CCC[C@@]1(C)C(=O)OC)[C@H]2C/C=C/C(C)C. The Hall–Kier alpha value is -1.36. The summed E-state index contributed by atoms with van der Waals surface area (Å²) < 4.78 is 16.4. The number of methoxy groups -OCH3 is 2. The van der Waals surface area contributed by atoms with E-state index in [0.717, 1.165) is 25.7 Å². The lowest BCUT2D eigenvalue weighted by Crippen LogP contribution is -2.59. The van der Waals surface area contributed by atoms with Crippen LogP contribution in [-0.4, -0.2) is 37.9 Å². The first-order valence-electron chi connectivity index (χ1n) is 10.2. The van der Waals surface area contributed by atoms with Gasteiger partial charge < -0.3 is 14.2 Å². The molecular weight excluding hydrogens is 344 g/mol. The van der Waals surface area contributed by atoms with E-state index in [4.69, 9.17) is 14.2 Å². The molecule has 5 heteroatoms. The molecule has 0 aromatic carbocycles. The zero-order valence-corrected chi connectivity index (χ0v) is 17.5. The lowest BCUT2D eigenvalue weighted by Gasteiger charge is -2.56. The van der Waals surface area contributed by atoms with Crippen molar-refractivity contribution in [2.24, 2.45) is 28.6 Å². The van der Waals surface area contributed by atoms with Gasteiger partial charge >= 0.3 is 11.9 Å². The van der Waals surface area contributed by atoms with Crippen LogP contribution in [0.3, 0.4) is 0 Å². The molecule has 0 spiro atoms. The highest BCUT2D eigenvalue weighted by Gasteiger charge is 2.77. The van der Waals surface area contributed by atoms with Crippen LogP contribution >= 0.6 is 0 Å². The molecule has 152 valence electrons. The minimum absolute atomic E-state index is 0.000445. The van der Waals surface area contributed by atoms with Gasteiger partial charge in [0.1, 0.15) is 0 Å². The first kappa shape index (κ1) is 20.4. The van der Waals surface area contributed by atoms with E-state index in [1.54, 1.807) is 0 Å². The van der Waals surface area contributed by atoms with Crippen LogP contribution in [0.5, 0.6) is 0 Å². The van der Waals surface area contributed by atoms with Gasteiger partial charge in [-0.3, -0.25) is 4.79 Å². The quantitative estimate of drug-likeness (QED) is 0.412. The molecule has 0 unspecified atom stereocenters. The van der Waals surface area contributed by atoms with Crippen LogP contribution < -0.4 is 0 Å². The molecule has 0 radical (unpaired) electrons. The molecule has 2 aliphatic carbocycles. The summed E-state index contributed by atoms with van der Waals surface area (Å²) in [5.41, 5.74) is -1.56. The van der Waals surface area contributed by atoms with E-state index >= 15 is 0 Å². The number of allylic oxidation sites excluding steroid dienone is 2. The molecule has 5 nitrogen and oxygen atoms in total. The minimum Gasteiger partial charge on any atom is -0.469 e. The molecule has 3 aliphatic rings. The monoisotopic (exact) mass is 378 g/mol. The predicted octanol–water partition coefficient (Wildman–Crippen LogP) is 3.90. The van der Waals surface area contributed by atoms with E-state index in [-0.39, 0.29) is 35.3 Å². The van der Waals surface area contributed by atoms with Gasteiger partial charge in [0, 0.05) is 5.92 Å². The topological polar surface area (TPSA) is 65.1 Å². The Morgan fingerprint density at radius 1 is 1.15 bits per heavy atom. The lowest BCUT2D eigenvalue weighted by atomic mass is 9.45. The molecular formula is C22H34O5. The Balaban J connectivity index is 2.02. The summed E-state index contributed by atoms with van der Waals surface area (Å²) in [7, 11) is 2.91. The first-order valence-corrected chi connectivity index (χ1v) is 10.2. The van der Waals surface area contributed by atoms with Gasteiger partial charge in [-0.05, 0) is 49.9 Å². The zero-order valence-electron chi connectivity index (χ0n) is 17.5. The second-order valence-corrected chi connectivity index (χ2v) is 9.41. The highest BCUT2D eigenvalue weighted by Crippen LogP contribution is 2.69. The standard InChI is InChI=1S/C22H34O5/c1-14(2)9-7-10-15-20(3)11-8-12-21(4,18(23)25-5)16(20)13-17-22(15,27-17)19(24)26-6/h7,9,14-17H,8,10-13H2,1-6H3/b9-7+/t15-,16-,17-,20-,21-,22+/m1/s1. The van der Waals surface area contributed by atoms with E-state index in [9.17, 15) is 9.59 Å². The summed E-state index contributed by atoms with van der Waals surface area (Å²) in [5.74, 6) is 0.185. The van der Waals surface area contributed by atoms with Crippen molar-refractivity contribution in [1.82, 2.24) is 0 Å². The van der Waals surface area contributed by atoms with Crippen molar-refractivity contribution in [2.75, 3.05) is 14.2 Å². The fourth-order valence-corrected chi connectivity index (χ4v) is 6.18. The Morgan fingerprint density at radius 3 is 2.41 bits per heavy atom. The maximum atomic E-state index is 12.7. The van der Waals surface area contributed by atoms with E-state index < -0.39 is 11.0 Å². The number of fused-ring (bicyclic) bond motifs is 2. The first-order chi connectivity index (χ1) is 12.7. The normalized spacial score (nSPS) is 43.1. The van der Waals surface area contributed by atoms with E-state index in [1.165, 1.54) is 14.2 Å². The van der Waals surface area contributed by atoms with Crippen LogP contribution in [0, 0.1) is 28.6 Å². The number of hydrogen-bond acceptors (Lipinski definition) is 5. The molecule has 0 aromatic rings. The lowest BCUT2D eigenvalue weighted by molar-refractivity contribution is -0.174. The van der Waals surface area contributed by atoms with Crippen LogP contribution in [0.15, 0.2) is 12.2 Å². The van der Waals surface area contributed by atoms with Crippen molar-refractivity contribution in [3.63, 3.8) is 0 Å². The third-order valence-electron chi connectivity index (χ3n) is 7.55. The zero-order chi connectivity index (χ0) is 20.0. The summed E-state index contributed by atoms with van der Waals surface area (Å²) in [6.45, 7) is 8.57. The van der Waals surface area contributed by atoms with E-state index in [0.29, 0.717) is 12.3 Å². The van der Waals surface area contributed by atoms with Gasteiger partial charge in [-0.25, -0.2) is 4.79 Å². The van der Waals surface area contributed by atoms with Gasteiger partial charge in [-0.15, -0.1) is 0 Å². The molecule has 0 aromatic heterocycles. The summed E-state index contributed by atoms with van der Waals surface area (Å²) in [4.78, 5) is 25.5. The van der Waals surface area contributed by atoms with Crippen molar-refractivity contribution in [1.29, 1.82) is 0 Å². The molecule has 1 saturated heterocycles. The largest absolute Gasteiger partial charge is 0.469 e. The van der Waals surface area contributed by atoms with Crippen LogP contribution in [-0.2, 0) is 23.8 Å². The van der Waals surface area contributed by atoms with Crippen molar-refractivity contribution in [2.45, 2.75) is 71.5 Å². The van der Waals surface area contributed by atoms with Crippen molar-refractivity contribution < 1.29 is 23.8 Å². The second kappa shape index (κ2) is 6.91. The van der Waals surface area contributed by atoms with Gasteiger partial charge in [-0.2, -0.15) is 0 Å². The average molecular weight is 379 g/mol. The van der Waals surface area contributed by atoms with E-state index in [1.807, 2.05) is 6.92 Å². The Bertz CT molecular complexity index is 641. The van der Waals surface area contributed by atoms with Crippen LogP contribution in [0.25, 0.3) is 0 Å². The fourth-order valence-electron chi connectivity index (χ4n) is 6.18. The van der Waals surface area contributed by atoms with Crippen molar-refractivity contribution >= 4 is 11.9 Å². The Labute approximate surface area is 162 Å². The third-order valence-corrected chi connectivity index (χ3v) is 7.55. The highest BCUT2D eigenvalue weighted by molar-refractivity contribution is 5.85. The number of hydrogen-bond donors (Lipinski definition) is 0. The summed E-state index contributed by atoms with van der Waals surface area (Å²) in [5, 5.41) is 0. The number of rotatable bonds is 5. The second-order valence-electron chi connectivity index (χ2n) is 9.41. The number of carbonyl (C=O) groups is 2. The van der Waals surface area contributed by atoms with Crippen LogP contribution in [0.2, 0.25) is 0 Å². The van der Waals surface area contributed by atoms with Crippen molar-refractivity contribution in [3.05, 3.63) is 12.2 Å². The molecule has 0 bridgehead atoms. The molecule has 0 N–H and O–H groups in total. The Morgan fingerprint density at radius 2 is 1.81 bits per heavy atom. The summed E-state index contributed by atoms with van der Waals surface area (Å²) in [6.07, 6.45) is 8.42. The fraction of sp³-hybridized carbons (Fsp3) is 0.818. The minimum atomic E-state index is -0.851. The molecule has 2 saturated carbocycles. The Kier molecular flexibility index (Phi) is 5.21. The van der Waals surface area contributed by atoms with Gasteiger partial charge in [-0.1, -0.05) is 39.3 Å². The van der Waals surface area contributed by atoms with Gasteiger partial charge in [0.05, 0.1) is 25.7 Å². The molecule has 0 amide bonds. The molecule has 1 heterocycles. The molecule has 6 atom stereocenters.